The lowest BCUT2D eigenvalue weighted by atomic mass is 9.93. The first kappa shape index (κ1) is 12.1. The zero-order chi connectivity index (χ0) is 13.2. The summed E-state index contributed by atoms with van der Waals surface area (Å²) in [6, 6.07) is 15.9. The highest BCUT2D eigenvalue weighted by molar-refractivity contribution is 5.42. The Morgan fingerprint density at radius 3 is 2.53 bits per heavy atom. The van der Waals surface area contributed by atoms with Crippen LogP contribution in [-0.2, 0) is 0 Å². The van der Waals surface area contributed by atoms with Crippen LogP contribution >= 0.6 is 0 Å². The van der Waals surface area contributed by atoms with Crippen LogP contribution in [0.1, 0.15) is 29.7 Å². The van der Waals surface area contributed by atoms with Crippen molar-refractivity contribution in [1.29, 1.82) is 0 Å². The summed E-state index contributed by atoms with van der Waals surface area (Å²) in [5.74, 6) is 1.72. The van der Waals surface area contributed by atoms with Gasteiger partial charge in [-0.2, -0.15) is 0 Å². The van der Waals surface area contributed by atoms with Crippen molar-refractivity contribution in [3.63, 3.8) is 0 Å². The van der Waals surface area contributed by atoms with Gasteiger partial charge in [0.2, 0.25) is 0 Å². The molecule has 1 heterocycles. The summed E-state index contributed by atoms with van der Waals surface area (Å²) in [5, 5.41) is 0. The van der Waals surface area contributed by atoms with Gasteiger partial charge < -0.3 is 15.2 Å². The standard InChI is InChI=1S/C16H17NO2/c1-18-14-8-4-3-7-12(14)16-10-13(17)11-6-2-5-9-15(11)19-16/h2-9,13,16H,10,17H2,1H3. The van der Waals surface area contributed by atoms with E-state index in [1.165, 1.54) is 0 Å². The van der Waals surface area contributed by atoms with Crippen molar-refractivity contribution in [3.05, 3.63) is 59.7 Å². The number of nitrogens with two attached hydrogens (primary N) is 1. The molecule has 0 radical (unpaired) electrons. The van der Waals surface area contributed by atoms with E-state index in [4.69, 9.17) is 15.2 Å². The maximum atomic E-state index is 6.24. The van der Waals surface area contributed by atoms with E-state index in [2.05, 4.69) is 0 Å². The number of rotatable bonds is 2. The van der Waals surface area contributed by atoms with E-state index in [-0.39, 0.29) is 12.1 Å². The van der Waals surface area contributed by atoms with Gasteiger partial charge >= 0.3 is 0 Å². The van der Waals surface area contributed by atoms with E-state index >= 15 is 0 Å². The van der Waals surface area contributed by atoms with E-state index in [1.54, 1.807) is 7.11 Å². The van der Waals surface area contributed by atoms with E-state index in [0.29, 0.717) is 0 Å². The van der Waals surface area contributed by atoms with E-state index in [1.807, 2.05) is 48.5 Å². The van der Waals surface area contributed by atoms with Crippen LogP contribution in [0.5, 0.6) is 11.5 Å². The molecule has 2 aromatic rings. The first-order valence-electron chi connectivity index (χ1n) is 6.43. The first-order valence-corrected chi connectivity index (χ1v) is 6.43. The fourth-order valence-corrected chi connectivity index (χ4v) is 2.58. The monoisotopic (exact) mass is 255 g/mol. The third-order valence-electron chi connectivity index (χ3n) is 3.54. The maximum Gasteiger partial charge on any atom is 0.129 e. The lowest BCUT2D eigenvalue weighted by Gasteiger charge is -2.31. The fraction of sp³-hybridized carbons (Fsp3) is 0.250. The number of methoxy groups -OCH3 is 1. The molecule has 3 rings (SSSR count). The first-order chi connectivity index (χ1) is 9.29. The Morgan fingerprint density at radius 1 is 1.05 bits per heavy atom. The maximum absolute atomic E-state index is 6.24. The normalized spacial score (nSPS) is 21.4. The van der Waals surface area contributed by atoms with Gasteiger partial charge in [-0.05, 0) is 12.1 Å². The molecule has 1 aliphatic heterocycles. The Kier molecular flexibility index (Phi) is 3.13. The van der Waals surface area contributed by atoms with Crippen molar-refractivity contribution in [3.8, 4) is 11.5 Å². The molecular formula is C16H17NO2. The lowest BCUT2D eigenvalue weighted by Crippen LogP contribution is -2.24. The molecule has 1 aliphatic rings. The summed E-state index contributed by atoms with van der Waals surface area (Å²) in [6.07, 6.45) is 0.707. The van der Waals surface area contributed by atoms with Gasteiger partial charge in [0.15, 0.2) is 0 Å². The number of benzene rings is 2. The van der Waals surface area contributed by atoms with Gasteiger partial charge in [-0.3, -0.25) is 0 Å². The lowest BCUT2D eigenvalue weighted by molar-refractivity contribution is 0.158. The molecule has 0 aromatic heterocycles. The number of hydrogen-bond acceptors (Lipinski definition) is 3. The topological polar surface area (TPSA) is 44.5 Å². The highest BCUT2D eigenvalue weighted by atomic mass is 16.5. The molecule has 0 spiro atoms. The van der Waals surface area contributed by atoms with E-state index in [0.717, 1.165) is 29.0 Å². The third kappa shape index (κ3) is 2.17. The highest BCUT2D eigenvalue weighted by Gasteiger charge is 2.28. The number of hydrogen-bond donors (Lipinski definition) is 1. The molecule has 2 unspecified atom stereocenters. The van der Waals surface area contributed by atoms with Crippen LogP contribution < -0.4 is 15.2 Å². The molecule has 98 valence electrons. The molecule has 2 aromatic carbocycles. The summed E-state index contributed by atoms with van der Waals surface area (Å²) < 4.78 is 11.5. The Balaban J connectivity index is 1.97. The minimum Gasteiger partial charge on any atom is -0.496 e. The zero-order valence-electron chi connectivity index (χ0n) is 10.9. The number of fused-ring (bicyclic) bond motifs is 1. The molecule has 0 saturated heterocycles. The molecule has 0 saturated carbocycles. The summed E-state index contributed by atoms with van der Waals surface area (Å²) in [5.41, 5.74) is 8.37. The van der Waals surface area contributed by atoms with E-state index in [9.17, 15) is 0 Å². The van der Waals surface area contributed by atoms with Crippen LogP contribution in [0.4, 0.5) is 0 Å². The molecule has 2 atom stereocenters. The molecule has 0 aliphatic carbocycles. The van der Waals surface area contributed by atoms with Gasteiger partial charge in [0.05, 0.1) is 7.11 Å². The fourth-order valence-electron chi connectivity index (χ4n) is 2.58. The second kappa shape index (κ2) is 4.94. The van der Waals surface area contributed by atoms with Crippen LogP contribution in [-0.4, -0.2) is 7.11 Å². The smallest absolute Gasteiger partial charge is 0.129 e. The van der Waals surface area contributed by atoms with Crippen molar-refractivity contribution in [2.45, 2.75) is 18.6 Å². The van der Waals surface area contributed by atoms with Gasteiger partial charge in [-0.15, -0.1) is 0 Å². The van der Waals surface area contributed by atoms with Gasteiger partial charge in [-0.1, -0.05) is 36.4 Å². The quantitative estimate of drug-likeness (QED) is 0.896. The second-order valence-corrected chi connectivity index (χ2v) is 4.73. The van der Waals surface area contributed by atoms with Crippen LogP contribution in [0.2, 0.25) is 0 Å². The summed E-state index contributed by atoms with van der Waals surface area (Å²) >= 11 is 0. The predicted octanol–water partition coefficient (Wildman–Crippen LogP) is 3.22. The largest absolute Gasteiger partial charge is 0.496 e. The van der Waals surface area contributed by atoms with Crippen molar-refractivity contribution in [2.75, 3.05) is 7.11 Å². The average Bonchev–Trinajstić information content (AvgIpc) is 2.47. The predicted molar refractivity (Wildman–Crippen MR) is 74.4 cm³/mol. The van der Waals surface area contributed by atoms with Gasteiger partial charge in [0.1, 0.15) is 17.6 Å². The Morgan fingerprint density at radius 2 is 1.74 bits per heavy atom. The van der Waals surface area contributed by atoms with Crippen LogP contribution in [0.15, 0.2) is 48.5 Å². The van der Waals surface area contributed by atoms with Gasteiger partial charge in [0.25, 0.3) is 0 Å². The van der Waals surface area contributed by atoms with Crippen molar-refractivity contribution in [1.82, 2.24) is 0 Å². The highest BCUT2D eigenvalue weighted by Crippen LogP contribution is 2.41. The zero-order valence-corrected chi connectivity index (χ0v) is 10.9. The van der Waals surface area contributed by atoms with Crippen molar-refractivity contribution < 1.29 is 9.47 Å². The Bertz CT molecular complexity index is 582. The minimum atomic E-state index is -0.0546. The van der Waals surface area contributed by atoms with E-state index < -0.39 is 0 Å². The molecule has 3 heteroatoms. The Labute approximate surface area is 113 Å². The van der Waals surface area contributed by atoms with Gasteiger partial charge in [0, 0.05) is 23.6 Å². The number of para-hydroxylation sites is 2. The van der Waals surface area contributed by atoms with Crippen LogP contribution in [0.25, 0.3) is 0 Å². The summed E-state index contributed by atoms with van der Waals surface area (Å²) in [4.78, 5) is 0. The summed E-state index contributed by atoms with van der Waals surface area (Å²) in [7, 11) is 1.68. The van der Waals surface area contributed by atoms with Crippen LogP contribution in [0.3, 0.4) is 0 Å². The number of ether oxygens (including phenoxy) is 2. The Hall–Kier alpha value is -2.00. The molecule has 0 fully saturated rings. The molecular weight excluding hydrogens is 238 g/mol. The SMILES string of the molecule is COc1ccccc1C1CC(N)c2ccccc2O1. The molecule has 0 bridgehead atoms. The molecule has 3 nitrogen and oxygen atoms in total. The summed E-state index contributed by atoms with van der Waals surface area (Å²) in [6.45, 7) is 0. The molecule has 0 amide bonds. The average molecular weight is 255 g/mol. The van der Waals surface area contributed by atoms with Crippen molar-refractivity contribution >= 4 is 0 Å². The minimum absolute atomic E-state index is 0.000128. The van der Waals surface area contributed by atoms with Crippen LogP contribution in [0, 0.1) is 0 Å². The van der Waals surface area contributed by atoms with Gasteiger partial charge in [-0.25, -0.2) is 0 Å². The molecule has 2 N–H and O–H groups in total. The molecule has 19 heavy (non-hydrogen) atoms. The van der Waals surface area contributed by atoms with Crippen molar-refractivity contribution in [2.24, 2.45) is 5.73 Å². The third-order valence-corrected chi connectivity index (χ3v) is 3.54. The second-order valence-electron chi connectivity index (χ2n) is 4.73.